The first-order valence-corrected chi connectivity index (χ1v) is 7.09. The number of hydrogen-bond acceptors (Lipinski definition) is 4. The summed E-state index contributed by atoms with van der Waals surface area (Å²) in [4.78, 5) is 15.7. The molecule has 1 amide bonds. The van der Waals surface area contributed by atoms with Crippen molar-refractivity contribution in [2.24, 2.45) is 0 Å². The molecule has 0 aliphatic rings. The molecule has 19 heavy (non-hydrogen) atoms. The second kappa shape index (κ2) is 6.65. The van der Waals surface area contributed by atoms with Crippen molar-refractivity contribution in [2.45, 2.75) is 13.0 Å². The number of halogens is 1. The number of benzene rings is 1. The standard InChI is InChI=1S/C13H14ClN3OS/c1-9(10-4-2-3-5-11(10)14)16-8-12(18)17-13-15-6-7-19-13/h2-7,9,16H,8H2,1H3,(H,15,17,18)/t9-/m0/s1. The molecule has 0 radical (unpaired) electrons. The lowest BCUT2D eigenvalue weighted by Gasteiger charge is -2.15. The summed E-state index contributed by atoms with van der Waals surface area (Å²) in [5.41, 5.74) is 0.978. The number of aromatic nitrogens is 1. The highest BCUT2D eigenvalue weighted by Gasteiger charge is 2.10. The largest absolute Gasteiger partial charge is 0.302 e. The van der Waals surface area contributed by atoms with Gasteiger partial charge in [0.05, 0.1) is 6.54 Å². The molecule has 0 saturated heterocycles. The van der Waals surface area contributed by atoms with Crippen molar-refractivity contribution in [3.63, 3.8) is 0 Å². The molecule has 0 aliphatic heterocycles. The van der Waals surface area contributed by atoms with Gasteiger partial charge in [-0.15, -0.1) is 11.3 Å². The highest BCUT2D eigenvalue weighted by atomic mass is 35.5. The van der Waals surface area contributed by atoms with Crippen LogP contribution in [0, 0.1) is 0 Å². The fraction of sp³-hybridized carbons (Fsp3) is 0.231. The number of nitrogens with one attached hydrogen (secondary N) is 2. The lowest BCUT2D eigenvalue weighted by atomic mass is 10.1. The lowest BCUT2D eigenvalue weighted by Crippen LogP contribution is -2.30. The summed E-state index contributed by atoms with van der Waals surface area (Å²) in [6.07, 6.45) is 1.65. The summed E-state index contributed by atoms with van der Waals surface area (Å²) >= 11 is 7.49. The minimum atomic E-state index is -0.117. The van der Waals surface area contributed by atoms with Crippen LogP contribution in [0.15, 0.2) is 35.8 Å². The molecule has 1 aromatic heterocycles. The maximum Gasteiger partial charge on any atom is 0.240 e. The van der Waals surface area contributed by atoms with Gasteiger partial charge in [-0.1, -0.05) is 29.8 Å². The number of anilines is 1. The van der Waals surface area contributed by atoms with Gasteiger partial charge in [0.25, 0.3) is 0 Å². The predicted octanol–water partition coefficient (Wildman–Crippen LogP) is 3.09. The second-order valence-electron chi connectivity index (χ2n) is 4.01. The lowest BCUT2D eigenvalue weighted by molar-refractivity contribution is -0.115. The molecule has 4 nitrogen and oxygen atoms in total. The smallest absolute Gasteiger partial charge is 0.240 e. The van der Waals surface area contributed by atoms with Crippen molar-refractivity contribution >= 4 is 34.0 Å². The molecular formula is C13H14ClN3OS. The Morgan fingerprint density at radius 1 is 1.47 bits per heavy atom. The van der Waals surface area contributed by atoms with Crippen molar-refractivity contribution in [3.05, 3.63) is 46.4 Å². The van der Waals surface area contributed by atoms with Crippen LogP contribution >= 0.6 is 22.9 Å². The first-order valence-electron chi connectivity index (χ1n) is 5.84. The van der Waals surface area contributed by atoms with Gasteiger partial charge in [-0.25, -0.2) is 4.98 Å². The molecule has 1 atom stereocenters. The summed E-state index contributed by atoms with van der Waals surface area (Å²) in [7, 11) is 0. The molecule has 100 valence electrons. The van der Waals surface area contributed by atoms with Crippen LogP contribution in [0.3, 0.4) is 0 Å². The van der Waals surface area contributed by atoms with Crippen molar-refractivity contribution in [1.82, 2.24) is 10.3 Å². The van der Waals surface area contributed by atoms with Gasteiger partial charge in [-0.05, 0) is 18.6 Å². The molecule has 2 rings (SSSR count). The average molecular weight is 296 g/mol. The van der Waals surface area contributed by atoms with E-state index in [0.29, 0.717) is 10.2 Å². The molecule has 2 N–H and O–H groups in total. The van der Waals surface area contributed by atoms with E-state index in [4.69, 9.17) is 11.6 Å². The van der Waals surface area contributed by atoms with Crippen molar-refractivity contribution in [3.8, 4) is 0 Å². The van der Waals surface area contributed by atoms with E-state index in [0.717, 1.165) is 5.56 Å². The van der Waals surface area contributed by atoms with Crippen LogP contribution in [0.5, 0.6) is 0 Å². The van der Waals surface area contributed by atoms with E-state index in [-0.39, 0.29) is 18.5 Å². The fourth-order valence-electron chi connectivity index (χ4n) is 1.63. The van der Waals surface area contributed by atoms with Crippen LogP contribution in [0.4, 0.5) is 5.13 Å². The van der Waals surface area contributed by atoms with Crippen molar-refractivity contribution in [2.75, 3.05) is 11.9 Å². The molecule has 1 heterocycles. The van der Waals surface area contributed by atoms with Gasteiger partial charge in [0.1, 0.15) is 0 Å². The Balaban J connectivity index is 1.85. The minimum Gasteiger partial charge on any atom is -0.302 e. The monoisotopic (exact) mass is 295 g/mol. The van der Waals surface area contributed by atoms with E-state index >= 15 is 0 Å². The highest BCUT2D eigenvalue weighted by molar-refractivity contribution is 7.13. The molecule has 0 bridgehead atoms. The van der Waals surface area contributed by atoms with Crippen LogP contribution in [0.1, 0.15) is 18.5 Å². The zero-order chi connectivity index (χ0) is 13.7. The number of rotatable bonds is 5. The van der Waals surface area contributed by atoms with Gasteiger partial charge in [0, 0.05) is 22.6 Å². The molecular weight excluding hydrogens is 282 g/mol. The molecule has 0 aliphatic carbocycles. The Morgan fingerprint density at radius 3 is 2.95 bits per heavy atom. The van der Waals surface area contributed by atoms with Crippen LogP contribution < -0.4 is 10.6 Å². The zero-order valence-corrected chi connectivity index (χ0v) is 12.0. The average Bonchev–Trinajstić information content (AvgIpc) is 2.89. The Morgan fingerprint density at radius 2 is 2.26 bits per heavy atom. The normalized spacial score (nSPS) is 12.1. The molecule has 0 fully saturated rings. The molecule has 0 saturated carbocycles. The highest BCUT2D eigenvalue weighted by Crippen LogP contribution is 2.21. The van der Waals surface area contributed by atoms with Gasteiger partial charge >= 0.3 is 0 Å². The molecule has 6 heteroatoms. The summed E-state index contributed by atoms with van der Waals surface area (Å²) < 4.78 is 0. The SMILES string of the molecule is C[C@H](NCC(=O)Nc1nccs1)c1ccccc1Cl. The van der Waals surface area contributed by atoms with Gasteiger partial charge in [0.15, 0.2) is 5.13 Å². The van der Waals surface area contributed by atoms with E-state index in [1.165, 1.54) is 11.3 Å². The van der Waals surface area contributed by atoms with Crippen LogP contribution in [0.2, 0.25) is 5.02 Å². The fourth-order valence-corrected chi connectivity index (χ4v) is 2.48. The van der Waals surface area contributed by atoms with E-state index in [2.05, 4.69) is 15.6 Å². The van der Waals surface area contributed by atoms with Gasteiger partial charge in [-0.3, -0.25) is 4.79 Å². The number of carbonyl (C=O) groups is 1. The quantitative estimate of drug-likeness (QED) is 0.891. The Labute approximate surface area is 120 Å². The predicted molar refractivity (Wildman–Crippen MR) is 78.6 cm³/mol. The van der Waals surface area contributed by atoms with E-state index in [1.54, 1.807) is 6.20 Å². The van der Waals surface area contributed by atoms with Crippen molar-refractivity contribution < 1.29 is 4.79 Å². The first kappa shape index (κ1) is 14.0. The molecule has 1 aromatic carbocycles. The van der Waals surface area contributed by atoms with E-state index in [9.17, 15) is 4.79 Å². The number of amides is 1. The van der Waals surface area contributed by atoms with E-state index < -0.39 is 0 Å². The molecule has 0 spiro atoms. The third-order valence-corrected chi connectivity index (χ3v) is 3.65. The number of hydrogen-bond donors (Lipinski definition) is 2. The minimum absolute atomic E-state index is 0.00995. The van der Waals surface area contributed by atoms with E-state index in [1.807, 2.05) is 36.6 Å². The summed E-state index contributed by atoms with van der Waals surface area (Å²) in [5.74, 6) is -0.117. The van der Waals surface area contributed by atoms with Crippen LogP contribution in [-0.4, -0.2) is 17.4 Å². The maximum atomic E-state index is 11.7. The summed E-state index contributed by atoms with van der Waals surface area (Å²) in [5, 5.41) is 8.97. The van der Waals surface area contributed by atoms with Crippen LogP contribution in [0.25, 0.3) is 0 Å². The Bertz CT molecular complexity index is 545. The number of thiazole rings is 1. The number of carbonyl (C=O) groups excluding carboxylic acids is 1. The number of nitrogens with zero attached hydrogens (tertiary/aromatic N) is 1. The van der Waals surface area contributed by atoms with Gasteiger partial charge in [0.2, 0.25) is 5.91 Å². The van der Waals surface area contributed by atoms with Crippen LogP contribution in [-0.2, 0) is 4.79 Å². The third kappa shape index (κ3) is 4.02. The maximum absolute atomic E-state index is 11.7. The molecule has 2 aromatic rings. The second-order valence-corrected chi connectivity index (χ2v) is 5.31. The Kier molecular flexibility index (Phi) is 4.90. The zero-order valence-electron chi connectivity index (χ0n) is 10.4. The van der Waals surface area contributed by atoms with Gasteiger partial charge in [-0.2, -0.15) is 0 Å². The summed E-state index contributed by atoms with van der Waals surface area (Å²) in [6.45, 7) is 2.18. The van der Waals surface area contributed by atoms with Crippen molar-refractivity contribution in [1.29, 1.82) is 0 Å². The third-order valence-electron chi connectivity index (χ3n) is 2.62. The van der Waals surface area contributed by atoms with Gasteiger partial charge < -0.3 is 10.6 Å². The molecule has 0 unspecified atom stereocenters. The first-order chi connectivity index (χ1) is 9.16. The topological polar surface area (TPSA) is 54.0 Å². The summed E-state index contributed by atoms with van der Waals surface area (Å²) in [6, 6.07) is 7.60. The Hall–Kier alpha value is -1.43.